The molecule has 1 rings (SSSR count). The Morgan fingerprint density at radius 3 is 2.79 bits per heavy atom. The van der Waals surface area contributed by atoms with Crippen LogP contribution < -0.4 is 11.3 Å². The highest BCUT2D eigenvalue weighted by atomic mass is 79.9. The van der Waals surface area contributed by atoms with Gasteiger partial charge >= 0.3 is 0 Å². The molecule has 0 heterocycles. The molecule has 5 heteroatoms. The number of hydrazine groups is 1. The maximum Gasteiger partial charge on any atom is 0.0623 e. The van der Waals surface area contributed by atoms with Gasteiger partial charge in [-0.05, 0) is 44.9 Å². The van der Waals surface area contributed by atoms with Crippen molar-refractivity contribution in [1.29, 1.82) is 0 Å². The maximum atomic E-state index is 5.62. The Labute approximate surface area is 128 Å². The van der Waals surface area contributed by atoms with Crippen molar-refractivity contribution in [2.45, 2.75) is 43.2 Å². The summed E-state index contributed by atoms with van der Waals surface area (Å²) < 4.78 is 6.54. The normalized spacial score (nSPS) is 13.5. The minimum absolute atomic E-state index is 0.0878. The van der Waals surface area contributed by atoms with Crippen LogP contribution in [0.3, 0.4) is 0 Å². The first-order chi connectivity index (χ1) is 8.96. The van der Waals surface area contributed by atoms with Gasteiger partial charge in [-0.1, -0.05) is 22.0 Å². The van der Waals surface area contributed by atoms with Crippen LogP contribution in [0.1, 0.15) is 26.7 Å². The van der Waals surface area contributed by atoms with Crippen molar-refractivity contribution in [3.8, 4) is 0 Å². The molecule has 1 aromatic rings. The third kappa shape index (κ3) is 6.77. The maximum absolute atomic E-state index is 5.62. The number of hydrogen-bond donors (Lipinski definition) is 2. The third-order valence-corrected chi connectivity index (χ3v) is 4.78. The number of nitrogens with two attached hydrogens (primary N) is 1. The SMILES string of the molecule is COC(C)(C)CCC(CSc1cccc(Br)c1)NN. The Morgan fingerprint density at radius 1 is 1.47 bits per heavy atom. The van der Waals surface area contributed by atoms with Crippen molar-refractivity contribution in [3.63, 3.8) is 0 Å². The monoisotopic (exact) mass is 346 g/mol. The van der Waals surface area contributed by atoms with Crippen LogP contribution in [0.25, 0.3) is 0 Å². The van der Waals surface area contributed by atoms with Crippen molar-refractivity contribution in [3.05, 3.63) is 28.7 Å². The molecule has 0 aliphatic rings. The highest BCUT2D eigenvalue weighted by Crippen LogP contribution is 2.24. The molecule has 0 saturated carbocycles. The molecule has 108 valence electrons. The van der Waals surface area contributed by atoms with Crippen LogP contribution in [0.2, 0.25) is 0 Å². The minimum atomic E-state index is -0.0878. The molecular weight excluding hydrogens is 324 g/mol. The van der Waals surface area contributed by atoms with Gasteiger partial charge in [0.05, 0.1) is 5.60 Å². The largest absolute Gasteiger partial charge is 0.379 e. The second kappa shape index (κ2) is 8.27. The molecule has 0 amide bonds. The number of ether oxygens (including phenoxy) is 1. The third-order valence-electron chi connectivity index (χ3n) is 3.13. The topological polar surface area (TPSA) is 47.3 Å². The summed E-state index contributed by atoms with van der Waals surface area (Å²) in [7, 11) is 1.75. The van der Waals surface area contributed by atoms with Gasteiger partial charge in [0.15, 0.2) is 0 Å². The summed E-state index contributed by atoms with van der Waals surface area (Å²) in [6, 6.07) is 8.60. The molecule has 0 fully saturated rings. The van der Waals surface area contributed by atoms with Crippen molar-refractivity contribution in [1.82, 2.24) is 5.43 Å². The molecule has 3 N–H and O–H groups in total. The highest BCUT2D eigenvalue weighted by molar-refractivity contribution is 9.10. The second-order valence-corrected chi connectivity index (χ2v) is 7.14. The van der Waals surface area contributed by atoms with E-state index in [1.54, 1.807) is 7.11 Å². The average Bonchev–Trinajstić information content (AvgIpc) is 2.39. The molecule has 0 bridgehead atoms. The summed E-state index contributed by atoms with van der Waals surface area (Å²) in [5.74, 6) is 6.58. The van der Waals surface area contributed by atoms with E-state index in [9.17, 15) is 0 Å². The fraction of sp³-hybridized carbons (Fsp3) is 0.571. The lowest BCUT2D eigenvalue weighted by Crippen LogP contribution is -2.38. The molecule has 1 unspecified atom stereocenters. The van der Waals surface area contributed by atoms with Gasteiger partial charge in [0.1, 0.15) is 0 Å². The van der Waals surface area contributed by atoms with Gasteiger partial charge in [0.25, 0.3) is 0 Å². The first kappa shape index (κ1) is 17.0. The van der Waals surface area contributed by atoms with Crippen molar-refractivity contribution in [2.24, 2.45) is 5.84 Å². The Bertz CT molecular complexity index is 387. The summed E-state index contributed by atoms with van der Waals surface area (Å²) >= 11 is 5.29. The van der Waals surface area contributed by atoms with Crippen LogP contribution in [-0.2, 0) is 4.74 Å². The average molecular weight is 347 g/mol. The standard InChI is InChI=1S/C14H23BrN2OS/c1-14(2,18-3)8-7-12(17-16)10-19-13-6-4-5-11(15)9-13/h4-6,9,12,17H,7-8,10,16H2,1-3H3. The van der Waals surface area contributed by atoms with Crippen molar-refractivity contribution < 1.29 is 4.74 Å². The van der Waals surface area contributed by atoms with E-state index >= 15 is 0 Å². The fourth-order valence-electron chi connectivity index (χ4n) is 1.59. The second-order valence-electron chi connectivity index (χ2n) is 5.13. The summed E-state index contributed by atoms with van der Waals surface area (Å²) in [5.41, 5.74) is 2.81. The molecule has 0 saturated heterocycles. The van der Waals surface area contributed by atoms with Gasteiger partial charge in [-0.3, -0.25) is 11.3 Å². The highest BCUT2D eigenvalue weighted by Gasteiger charge is 2.18. The lowest BCUT2D eigenvalue weighted by Gasteiger charge is -2.25. The summed E-state index contributed by atoms with van der Waals surface area (Å²) in [5, 5.41) is 0. The number of rotatable bonds is 8. The van der Waals surface area contributed by atoms with Crippen molar-refractivity contribution >= 4 is 27.7 Å². The number of nitrogens with one attached hydrogen (secondary N) is 1. The van der Waals surface area contributed by atoms with Gasteiger partial charge in [0.2, 0.25) is 0 Å². The first-order valence-corrected chi connectivity index (χ1v) is 8.14. The molecule has 0 aromatic heterocycles. The molecule has 0 spiro atoms. The van der Waals surface area contributed by atoms with E-state index in [4.69, 9.17) is 10.6 Å². The van der Waals surface area contributed by atoms with Crippen molar-refractivity contribution in [2.75, 3.05) is 12.9 Å². The Balaban J connectivity index is 2.40. The Morgan fingerprint density at radius 2 is 2.21 bits per heavy atom. The van der Waals surface area contributed by atoms with Gasteiger partial charge < -0.3 is 4.74 Å². The predicted molar refractivity (Wildman–Crippen MR) is 86.3 cm³/mol. The van der Waals surface area contributed by atoms with E-state index in [0.29, 0.717) is 6.04 Å². The molecule has 0 aliphatic carbocycles. The molecule has 19 heavy (non-hydrogen) atoms. The molecule has 0 radical (unpaired) electrons. The predicted octanol–water partition coefficient (Wildman–Crippen LogP) is 3.58. The molecule has 1 atom stereocenters. The summed E-state index contributed by atoms with van der Waals surface area (Å²) in [4.78, 5) is 1.25. The zero-order chi connectivity index (χ0) is 14.3. The van der Waals surface area contributed by atoms with Crippen LogP contribution in [0.5, 0.6) is 0 Å². The van der Waals surface area contributed by atoms with Crippen LogP contribution in [0.4, 0.5) is 0 Å². The number of hydrogen-bond acceptors (Lipinski definition) is 4. The number of methoxy groups -OCH3 is 1. The number of thioether (sulfide) groups is 1. The lowest BCUT2D eigenvalue weighted by atomic mass is 10.00. The van der Waals surface area contributed by atoms with Gasteiger partial charge in [0, 0.05) is 28.3 Å². The van der Waals surface area contributed by atoms with E-state index in [2.05, 4.69) is 47.3 Å². The lowest BCUT2D eigenvalue weighted by molar-refractivity contribution is 0.0122. The number of benzene rings is 1. The minimum Gasteiger partial charge on any atom is -0.379 e. The van der Waals surface area contributed by atoms with Crippen LogP contribution in [-0.4, -0.2) is 24.5 Å². The van der Waals surface area contributed by atoms with Gasteiger partial charge in [-0.25, -0.2) is 0 Å². The van der Waals surface area contributed by atoms with Gasteiger partial charge in [-0.2, -0.15) is 0 Å². The van der Waals surface area contributed by atoms with E-state index < -0.39 is 0 Å². The smallest absolute Gasteiger partial charge is 0.0623 e. The molecular formula is C14H23BrN2OS. The first-order valence-electron chi connectivity index (χ1n) is 6.36. The van der Waals surface area contributed by atoms with Gasteiger partial charge in [-0.15, -0.1) is 11.8 Å². The summed E-state index contributed by atoms with van der Waals surface area (Å²) in [6.07, 6.45) is 1.98. The van der Waals surface area contributed by atoms with Crippen LogP contribution >= 0.6 is 27.7 Å². The van der Waals surface area contributed by atoms with E-state index in [1.807, 2.05) is 23.9 Å². The zero-order valence-corrected chi connectivity index (χ0v) is 14.2. The van der Waals surface area contributed by atoms with Crippen LogP contribution in [0.15, 0.2) is 33.6 Å². The quantitative estimate of drug-likeness (QED) is 0.429. The Kier molecular flexibility index (Phi) is 7.39. The Hall–Kier alpha value is -0.0700. The molecule has 0 aliphatic heterocycles. The fourth-order valence-corrected chi connectivity index (χ4v) is 3.18. The zero-order valence-electron chi connectivity index (χ0n) is 11.8. The van der Waals surface area contributed by atoms with E-state index in [1.165, 1.54) is 4.90 Å². The molecule has 3 nitrogen and oxygen atoms in total. The van der Waals surface area contributed by atoms with E-state index in [-0.39, 0.29) is 5.60 Å². The summed E-state index contributed by atoms with van der Waals surface area (Å²) in [6.45, 7) is 4.20. The van der Waals surface area contributed by atoms with Crippen LogP contribution in [0, 0.1) is 0 Å². The molecule has 1 aromatic carbocycles. The van der Waals surface area contributed by atoms with E-state index in [0.717, 1.165) is 23.1 Å². The number of halogens is 1.